The number of aryl methyl sites for hydroxylation is 2. The van der Waals surface area contributed by atoms with Gasteiger partial charge in [-0.2, -0.15) is 0 Å². The molecule has 2 aromatic carbocycles. The predicted octanol–water partition coefficient (Wildman–Crippen LogP) is 4.31. The quantitative estimate of drug-likeness (QED) is 0.677. The van der Waals surface area contributed by atoms with Crippen molar-refractivity contribution in [1.82, 2.24) is 5.32 Å². The number of hydrogen-bond acceptors (Lipinski definition) is 3. The summed E-state index contributed by atoms with van der Waals surface area (Å²) >= 11 is 5.81. The molecule has 0 bridgehead atoms. The van der Waals surface area contributed by atoms with Crippen molar-refractivity contribution in [2.75, 3.05) is 19.8 Å². The lowest BCUT2D eigenvalue weighted by molar-refractivity contribution is -0.121. The topological polar surface area (TPSA) is 47.6 Å². The number of carbonyl (C=O) groups is 1. The third-order valence-electron chi connectivity index (χ3n) is 3.52. The van der Waals surface area contributed by atoms with E-state index in [4.69, 9.17) is 21.1 Å². The molecule has 1 N–H and O–H groups in total. The van der Waals surface area contributed by atoms with E-state index in [-0.39, 0.29) is 5.91 Å². The van der Waals surface area contributed by atoms with Crippen LogP contribution < -0.4 is 14.8 Å². The minimum atomic E-state index is 0.00345. The van der Waals surface area contributed by atoms with Gasteiger partial charge in [-0.25, -0.2) is 0 Å². The summed E-state index contributed by atoms with van der Waals surface area (Å²) in [5, 5.41) is 3.53. The lowest BCUT2D eigenvalue weighted by atomic mass is 10.1. The summed E-state index contributed by atoms with van der Waals surface area (Å²) in [5.74, 6) is 1.60. The largest absolute Gasteiger partial charge is 0.494 e. The standard InChI is InChI=1S/C20H24ClNO3/c1-15-12-16(2)14-19(13-15)25-11-9-22-20(23)4-3-10-24-18-7-5-17(21)6-8-18/h5-8,12-14H,3-4,9-11H2,1-2H3,(H,22,23). The van der Waals surface area contributed by atoms with Crippen molar-refractivity contribution in [3.63, 3.8) is 0 Å². The monoisotopic (exact) mass is 361 g/mol. The van der Waals surface area contributed by atoms with Crippen LogP contribution in [0.3, 0.4) is 0 Å². The molecule has 0 aliphatic carbocycles. The molecule has 0 unspecified atom stereocenters. The highest BCUT2D eigenvalue weighted by molar-refractivity contribution is 6.30. The summed E-state index contributed by atoms with van der Waals surface area (Å²) in [6.07, 6.45) is 1.09. The van der Waals surface area contributed by atoms with Crippen LogP contribution in [0, 0.1) is 13.8 Å². The zero-order valence-electron chi connectivity index (χ0n) is 14.7. The SMILES string of the molecule is Cc1cc(C)cc(OCCNC(=O)CCCOc2ccc(Cl)cc2)c1. The molecule has 25 heavy (non-hydrogen) atoms. The maximum atomic E-state index is 11.8. The number of ether oxygens (including phenoxy) is 2. The molecule has 0 radical (unpaired) electrons. The lowest BCUT2D eigenvalue weighted by Gasteiger charge is -2.10. The van der Waals surface area contributed by atoms with E-state index in [0.717, 1.165) is 11.5 Å². The second kappa shape index (κ2) is 9.94. The molecule has 0 aromatic heterocycles. The minimum absolute atomic E-state index is 0.00345. The number of halogens is 1. The molecule has 2 rings (SSSR count). The number of benzene rings is 2. The zero-order valence-corrected chi connectivity index (χ0v) is 15.4. The molecule has 134 valence electrons. The minimum Gasteiger partial charge on any atom is -0.494 e. The summed E-state index contributed by atoms with van der Waals surface area (Å²) in [7, 11) is 0. The van der Waals surface area contributed by atoms with Gasteiger partial charge in [-0.15, -0.1) is 0 Å². The summed E-state index contributed by atoms with van der Waals surface area (Å²) < 4.78 is 11.2. The van der Waals surface area contributed by atoms with Crippen LogP contribution in [0.1, 0.15) is 24.0 Å². The second-order valence-corrected chi connectivity index (χ2v) is 6.36. The lowest BCUT2D eigenvalue weighted by Crippen LogP contribution is -2.28. The Labute approximate surface area is 154 Å². The fraction of sp³-hybridized carbons (Fsp3) is 0.350. The van der Waals surface area contributed by atoms with E-state index >= 15 is 0 Å². The number of nitrogens with one attached hydrogen (secondary N) is 1. The van der Waals surface area contributed by atoms with E-state index in [0.29, 0.717) is 37.6 Å². The molecule has 0 aliphatic rings. The first kappa shape index (κ1) is 19.1. The van der Waals surface area contributed by atoms with E-state index in [1.54, 1.807) is 12.1 Å². The van der Waals surface area contributed by atoms with Gasteiger partial charge in [0.25, 0.3) is 0 Å². The van der Waals surface area contributed by atoms with Crippen LogP contribution in [0.15, 0.2) is 42.5 Å². The Bertz CT molecular complexity index is 666. The molecule has 0 heterocycles. The first-order chi connectivity index (χ1) is 12.0. The highest BCUT2D eigenvalue weighted by Crippen LogP contribution is 2.16. The molecule has 1 amide bonds. The Morgan fingerprint density at radius 3 is 2.28 bits per heavy atom. The third-order valence-corrected chi connectivity index (χ3v) is 3.77. The van der Waals surface area contributed by atoms with Crippen LogP contribution in [0.5, 0.6) is 11.5 Å². The molecular formula is C20H24ClNO3. The van der Waals surface area contributed by atoms with Crippen LogP contribution in [-0.2, 0) is 4.79 Å². The van der Waals surface area contributed by atoms with Crippen molar-refractivity contribution in [2.45, 2.75) is 26.7 Å². The van der Waals surface area contributed by atoms with E-state index < -0.39 is 0 Å². The van der Waals surface area contributed by atoms with Gasteiger partial charge in [-0.05, 0) is 67.8 Å². The molecule has 4 nitrogen and oxygen atoms in total. The highest BCUT2D eigenvalue weighted by atomic mass is 35.5. The average Bonchev–Trinajstić information content (AvgIpc) is 2.56. The van der Waals surface area contributed by atoms with Crippen molar-refractivity contribution >= 4 is 17.5 Å². The Hall–Kier alpha value is -2.20. The van der Waals surface area contributed by atoms with Crippen molar-refractivity contribution in [3.05, 3.63) is 58.6 Å². The molecule has 0 spiro atoms. The van der Waals surface area contributed by atoms with Crippen molar-refractivity contribution in [3.8, 4) is 11.5 Å². The first-order valence-corrected chi connectivity index (χ1v) is 8.77. The van der Waals surface area contributed by atoms with Gasteiger partial charge in [0.05, 0.1) is 13.2 Å². The molecule has 0 saturated carbocycles. The van der Waals surface area contributed by atoms with Crippen molar-refractivity contribution < 1.29 is 14.3 Å². The Balaban J connectivity index is 1.55. The second-order valence-electron chi connectivity index (χ2n) is 5.93. The van der Waals surface area contributed by atoms with Gasteiger partial charge in [0, 0.05) is 11.4 Å². The van der Waals surface area contributed by atoms with E-state index in [1.807, 2.05) is 38.1 Å². The average molecular weight is 362 g/mol. The smallest absolute Gasteiger partial charge is 0.220 e. The molecule has 0 fully saturated rings. The molecule has 2 aromatic rings. The van der Waals surface area contributed by atoms with E-state index in [2.05, 4.69) is 11.4 Å². The Morgan fingerprint density at radius 2 is 1.60 bits per heavy atom. The van der Waals surface area contributed by atoms with Crippen LogP contribution in [0.4, 0.5) is 0 Å². The number of amides is 1. The number of hydrogen-bond donors (Lipinski definition) is 1. The molecular weight excluding hydrogens is 338 g/mol. The van der Waals surface area contributed by atoms with Crippen molar-refractivity contribution in [2.24, 2.45) is 0 Å². The number of rotatable bonds is 9. The number of carbonyl (C=O) groups excluding carboxylic acids is 1. The summed E-state index contributed by atoms with van der Waals surface area (Å²) in [6, 6.07) is 13.3. The Morgan fingerprint density at radius 1 is 0.960 bits per heavy atom. The van der Waals surface area contributed by atoms with E-state index in [9.17, 15) is 4.79 Å². The summed E-state index contributed by atoms with van der Waals surface area (Å²) in [4.78, 5) is 11.8. The van der Waals surface area contributed by atoms with Crippen LogP contribution in [0.2, 0.25) is 5.02 Å². The van der Waals surface area contributed by atoms with Gasteiger partial charge in [-0.3, -0.25) is 4.79 Å². The van der Waals surface area contributed by atoms with Crippen LogP contribution in [0.25, 0.3) is 0 Å². The fourth-order valence-corrected chi connectivity index (χ4v) is 2.54. The summed E-state index contributed by atoms with van der Waals surface area (Å²) in [6.45, 7) is 5.51. The summed E-state index contributed by atoms with van der Waals surface area (Å²) in [5.41, 5.74) is 2.33. The van der Waals surface area contributed by atoms with Crippen LogP contribution >= 0.6 is 11.6 Å². The van der Waals surface area contributed by atoms with Gasteiger partial charge < -0.3 is 14.8 Å². The van der Waals surface area contributed by atoms with Gasteiger partial charge in [0.1, 0.15) is 18.1 Å². The maximum absolute atomic E-state index is 11.8. The molecule has 0 atom stereocenters. The van der Waals surface area contributed by atoms with Gasteiger partial charge in [0.15, 0.2) is 0 Å². The zero-order chi connectivity index (χ0) is 18.1. The highest BCUT2D eigenvalue weighted by Gasteiger charge is 2.02. The molecule has 0 aliphatic heterocycles. The van der Waals surface area contributed by atoms with E-state index in [1.165, 1.54) is 11.1 Å². The normalized spacial score (nSPS) is 10.4. The van der Waals surface area contributed by atoms with Crippen molar-refractivity contribution in [1.29, 1.82) is 0 Å². The fourth-order valence-electron chi connectivity index (χ4n) is 2.42. The van der Waals surface area contributed by atoms with Crippen LogP contribution in [-0.4, -0.2) is 25.7 Å². The van der Waals surface area contributed by atoms with Gasteiger partial charge >= 0.3 is 0 Å². The predicted molar refractivity (Wildman–Crippen MR) is 101 cm³/mol. The maximum Gasteiger partial charge on any atom is 0.220 e. The Kier molecular flexibility index (Phi) is 7.61. The first-order valence-electron chi connectivity index (χ1n) is 8.39. The van der Waals surface area contributed by atoms with Gasteiger partial charge in [-0.1, -0.05) is 17.7 Å². The van der Waals surface area contributed by atoms with Gasteiger partial charge in [0.2, 0.25) is 5.91 Å². The third kappa shape index (κ3) is 7.48. The molecule has 0 saturated heterocycles. The molecule has 5 heteroatoms.